The van der Waals surface area contributed by atoms with Gasteiger partial charge in [-0.2, -0.15) is 5.26 Å². The van der Waals surface area contributed by atoms with Crippen molar-refractivity contribution in [2.24, 2.45) is 0 Å². The molecule has 0 aromatic heterocycles. The Morgan fingerprint density at radius 3 is 2.45 bits per heavy atom. The van der Waals surface area contributed by atoms with Crippen LogP contribution < -0.4 is 0 Å². The molecular formula is C15H26N2O3. The van der Waals surface area contributed by atoms with Gasteiger partial charge in [-0.25, -0.2) is 0 Å². The summed E-state index contributed by atoms with van der Waals surface area (Å²) in [6.07, 6.45) is 5.17. The van der Waals surface area contributed by atoms with Gasteiger partial charge >= 0.3 is 5.97 Å². The van der Waals surface area contributed by atoms with Crippen LogP contribution in [-0.2, 0) is 14.3 Å². The summed E-state index contributed by atoms with van der Waals surface area (Å²) < 4.78 is 4.85. The molecule has 1 amide bonds. The maximum absolute atomic E-state index is 12.0. The molecule has 0 saturated heterocycles. The Kier molecular flexibility index (Phi) is 11.5. The van der Waals surface area contributed by atoms with E-state index in [0.717, 1.165) is 25.7 Å². The summed E-state index contributed by atoms with van der Waals surface area (Å²) in [6.45, 7) is 4.96. The maximum atomic E-state index is 12.0. The van der Waals surface area contributed by atoms with E-state index in [1.54, 1.807) is 11.8 Å². The molecule has 0 bridgehead atoms. The second-order valence-electron chi connectivity index (χ2n) is 4.65. The Hall–Kier alpha value is -1.57. The van der Waals surface area contributed by atoms with Crippen LogP contribution in [0, 0.1) is 11.3 Å². The number of ether oxygens (including phenoxy) is 1. The van der Waals surface area contributed by atoms with Crippen molar-refractivity contribution >= 4 is 11.9 Å². The Morgan fingerprint density at radius 2 is 1.85 bits per heavy atom. The molecule has 0 aromatic rings. The second kappa shape index (κ2) is 12.5. The van der Waals surface area contributed by atoms with E-state index in [1.165, 1.54) is 0 Å². The number of carbonyl (C=O) groups is 2. The van der Waals surface area contributed by atoms with Crippen molar-refractivity contribution < 1.29 is 14.3 Å². The first-order valence-corrected chi connectivity index (χ1v) is 7.46. The average molecular weight is 282 g/mol. The van der Waals surface area contributed by atoms with Crippen LogP contribution in [-0.4, -0.2) is 36.5 Å². The quantitative estimate of drug-likeness (QED) is 0.431. The normalized spacial score (nSPS) is 9.85. The largest absolute Gasteiger partial charge is 0.466 e. The minimum atomic E-state index is -0.298. The molecule has 0 aliphatic heterocycles. The lowest BCUT2D eigenvalue weighted by Gasteiger charge is -2.21. The highest BCUT2D eigenvalue weighted by molar-refractivity contribution is 5.77. The van der Waals surface area contributed by atoms with E-state index in [9.17, 15) is 9.59 Å². The highest BCUT2D eigenvalue weighted by Crippen LogP contribution is 2.07. The molecule has 0 unspecified atom stereocenters. The van der Waals surface area contributed by atoms with Crippen LogP contribution in [0.1, 0.15) is 58.8 Å². The van der Waals surface area contributed by atoms with Crippen molar-refractivity contribution in [1.82, 2.24) is 4.90 Å². The topological polar surface area (TPSA) is 70.4 Å². The van der Waals surface area contributed by atoms with Gasteiger partial charge in [-0.15, -0.1) is 0 Å². The number of nitriles is 1. The van der Waals surface area contributed by atoms with Gasteiger partial charge in [0.05, 0.1) is 25.5 Å². The van der Waals surface area contributed by atoms with Crippen molar-refractivity contribution in [1.29, 1.82) is 5.26 Å². The number of hydrogen-bond acceptors (Lipinski definition) is 4. The summed E-state index contributed by atoms with van der Waals surface area (Å²) in [7, 11) is 0. The number of unbranched alkanes of at least 4 members (excludes halogenated alkanes) is 3. The number of rotatable bonds is 11. The monoisotopic (exact) mass is 282 g/mol. The van der Waals surface area contributed by atoms with Crippen LogP contribution in [0.3, 0.4) is 0 Å². The molecule has 0 radical (unpaired) electrons. The first-order chi connectivity index (χ1) is 9.65. The third kappa shape index (κ3) is 9.37. The van der Waals surface area contributed by atoms with Gasteiger partial charge in [-0.05, 0) is 13.3 Å². The number of carbonyl (C=O) groups excluding carboxylic acids is 2. The van der Waals surface area contributed by atoms with Crippen molar-refractivity contribution in [2.45, 2.75) is 58.8 Å². The van der Waals surface area contributed by atoms with Crippen LogP contribution >= 0.6 is 0 Å². The molecule has 5 heteroatoms. The first kappa shape index (κ1) is 18.4. The lowest BCUT2D eigenvalue weighted by Crippen LogP contribution is -2.34. The van der Waals surface area contributed by atoms with E-state index in [0.29, 0.717) is 32.5 Å². The molecule has 0 atom stereocenters. The SMILES string of the molecule is CCCCCCC(=O)N(CCC#N)CCC(=O)OCC. The van der Waals surface area contributed by atoms with Crippen LogP contribution in [0.4, 0.5) is 0 Å². The zero-order chi connectivity index (χ0) is 15.2. The van der Waals surface area contributed by atoms with Gasteiger partial charge in [0.1, 0.15) is 0 Å². The zero-order valence-electron chi connectivity index (χ0n) is 12.7. The maximum Gasteiger partial charge on any atom is 0.307 e. The molecule has 0 spiro atoms. The van der Waals surface area contributed by atoms with Gasteiger partial charge in [0.2, 0.25) is 5.91 Å². The molecular weight excluding hydrogens is 256 g/mol. The molecule has 0 aliphatic rings. The molecule has 0 fully saturated rings. The molecule has 20 heavy (non-hydrogen) atoms. The van der Waals surface area contributed by atoms with E-state index < -0.39 is 0 Å². The van der Waals surface area contributed by atoms with Crippen LogP contribution in [0.2, 0.25) is 0 Å². The number of amides is 1. The summed E-state index contributed by atoms with van der Waals surface area (Å²) in [5.74, 6) is -0.270. The van der Waals surface area contributed by atoms with Crippen molar-refractivity contribution in [3.63, 3.8) is 0 Å². The standard InChI is InChI=1S/C15H26N2O3/c1-3-5-6-7-9-14(18)17(12-8-11-16)13-10-15(19)20-4-2/h3-10,12-13H2,1-2H3. The van der Waals surface area contributed by atoms with E-state index in [-0.39, 0.29) is 18.3 Å². The molecule has 0 aromatic carbocycles. The van der Waals surface area contributed by atoms with Gasteiger partial charge < -0.3 is 9.64 Å². The Labute approximate surface area is 121 Å². The Bertz CT molecular complexity index is 324. The van der Waals surface area contributed by atoms with Crippen molar-refractivity contribution in [3.05, 3.63) is 0 Å². The van der Waals surface area contributed by atoms with Crippen molar-refractivity contribution in [2.75, 3.05) is 19.7 Å². The van der Waals surface area contributed by atoms with Crippen LogP contribution in [0.25, 0.3) is 0 Å². The molecule has 5 nitrogen and oxygen atoms in total. The van der Waals surface area contributed by atoms with Gasteiger partial charge in [0.15, 0.2) is 0 Å². The van der Waals surface area contributed by atoms with Crippen LogP contribution in [0.15, 0.2) is 0 Å². The summed E-state index contributed by atoms with van der Waals surface area (Å²) in [5.41, 5.74) is 0. The van der Waals surface area contributed by atoms with Crippen LogP contribution in [0.5, 0.6) is 0 Å². The molecule has 0 rings (SSSR count). The lowest BCUT2D eigenvalue weighted by atomic mass is 10.1. The van der Waals surface area contributed by atoms with Gasteiger partial charge in [-0.1, -0.05) is 26.2 Å². The minimum absolute atomic E-state index is 0.0284. The van der Waals surface area contributed by atoms with Crippen molar-refractivity contribution in [3.8, 4) is 6.07 Å². The fourth-order valence-electron chi connectivity index (χ4n) is 1.87. The predicted molar refractivity (Wildman–Crippen MR) is 76.8 cm³/mol. The smallest absolute Gasteiger partial charge is 0.307 e. The van der Waals surface area contributed by atoms with Gasteiger partial charge in [0.25, 0.3) is 0 Å². The highest BCUT2D eigenvalue weighted by Gasteiger charge is 2.14. The molecule has 0 aliphatic carbocycles. The molecule has 114 valence electrons. The summed E-state index contributed by atoms with van der Waals surface area (Å²) in [6, 6.07) is 2.03. The summed E-state index contributed by atoms with van der Waals surface area (Å²) >= 11 is 0. The third-order valence-corrected chi connectivity index (χ3v) is 2.98. The summed E-state index contributed by atoms with van der Waals surface area (Å²) in [4.78, 5) is 25.0. The Morgan fingerprint density at radius 1 is 1.10 bits per heavy atom. The van der Waals surface area contributed by atoms with E-state index in [2.05, 4.69) is 6.92 Å². The minimum Gasteiger partial charge on any atom is -0.466 e. The summed E-state index contributed by atoms with van der Waals surface area (Å²) in [5, 5.41) is 8.63. The Balaban J connectivity index is 4.14. The second-order valence-corrected chi connectivity index (χ2v) is 4.65. The van der Waals surface area contributed by atoms with Gasteiger partial charge in [0, 0.05) is 19.5 Å². The zero-order valence-corrected chi connectivity index (χ0v) is 12.7. The number of hydrogen-bond donors (Lipinski definition) is 0. The number of nitrogens with zero attached hydrogens (tertiary/aromatic N) is 2. The highest BCUT2D eigenvalue weighted by atomic mass is 16.5. The van der Waals surface area contributed by atoms with Gasteiger partial charge in [-0.3, -0.25) is 9.59 Å². The van der Waals surface area contributed by atoms with E-state index in [1.807, 2.05) is 6.07 Å². The fraction of sp³-hybridized carbons (Fsp3) is 0.800. The number of esters is 1. The average Bonchev–Trinajstić information content (AvgIpc) is 2.44. The molecule has 0 saturated carbocycles. The lowest BCUT2D eigenvalue weighted by molar-refractivity contribution is -0.144. The van der Waals surface area contributed by atoms with E-state index in [4.69, 9.17) is 10.00 Å². The molecule has 0 heterocycles. The predicted octanol–water partition coefficient (Wildman–Crippen LogP) is 2.65. The third-order valence-electron chi connectivity index (χ3n) is 2.98. The fourth-order valence-corrected chi connectivity index (χ4v) is 1.87. The first-order valence-electron chi connectivity index (χ1n) is 7.46. The molecule has 0 N–H and O–H groups in total. The van der Waals surface area contributed by atoms with E-state index >= 15 is 0 Å².